The van der Waals surface area contributed by atoms with Crippen molar-refractivity contribution in [3.63, 3.8) is 0 Å². The second-order valence-corrected chi connectivity index (χ2v) is 8.01. The van der Waals surface area contributed by atoms with Crippen molar-refractivity contribution < 1.29 is 9.18 Å². The van der Waals surface area contributed by atoms with Crippen LogP contribution in [-0.2, 0) is 0 Å². The molecular weight excluding hydrogens is 441 g/mol. The fourth-order valence-electron chi connectivity index (χ4n) is 3.78. The number of carbonyl (C=O) groups excluding carboxylic acids is 1. The molecule has 1 amide bonds. The van der Waals surface area contributed by atoms with Gasteiger partial charge >= 0.3 is 0 Å². The third kappa shape index (κ3) is 5.20. The number of benzene rings is 4. The Hall–Kier alpha value is -4.91. The molecule has 0 aliphatic heterocycles. The van der Waals surface area contributed by atoms with E-state index in [-0.39, 0.29) is 11.7 Å². The molecule has 6 nitrogen and oxygen atoms in total. The summed E-state index contributed by atoms with van der Waals surface area (Å²) < 4.78 is 13.8. The minimum Gasteiger partial charge on any atom is -0.399 e. The summed E-state index contributed by atoms with van der Waals surface area (Å²) in [5.41, 5.74) is 11.4. The van der Waals surface area contributed by atoms with Crippen LogP contribution >= 0.6 is 0 Å². The standard InChI is InChI=1S/C28H22FN5O/c29-19-10-11-26-25(15-19)27(12-13-31-26)33-21-6-1-4-18(14-21)28(35)34-24-9-3-8-23(17-24)32-22-7-2-5-20(30)16-22/h1-17,32H,30H2,(H,31,33)(H,34,35). The number of halogens is 1. The molecule has 0 unspecified atom stereocenters. The Bertz CT molecular complexity index is 1540. The van der Waals surface area contributed by atoms with E-state index in [1.165, 1.54) is 12.1 Å². The van der Waals surface area contributed by atoms with Gasteiger partial charge in [-0.15, -0.1) is 0 Å². The number of nitrogens with one attached hydrogen (secondary N) is 3. The van der Waals surface area contributed by atoms with E-state index >= 15 is 0 Å². The second-order valence-electron chi connectivity index (χ2n) is 8.01. The fraction of sp³-hybridized carbons (Fsp3) is 0. The van der Waals surface area contributed by atoms with Crippen LogP contribution in [0.1, 0.15) is 10.4 Å². The number of hydrogen-bond acceptors (Lipinski definition) is 5. The summed E-state index contributed by atoms with van der Waals surface area (Å²) >= 11 is 0. The van der Waals surface area contributed by atoms with Crippen molar-refractivity contribution in [1.82, 2.24) is 4.98 Å². The number of aromatic nitrogens is 1. The molecule has 35 heavy (non-hydrogen) atoms. The van der Waals surface area contributed by atoms with Crippen molar-refractivity contribution in [2.75, 3.05) is 21.7 Å². The highest BCUT2D eigenvalue weighted by Crippen LogP contribution is 2.27. The normalized spacial score (nSPS) is 10.7. The van der Waals surface area contributed by atoms with Gasteiger partial charge in [0.25, 0.3) is 5.91 Å². The largest absolute Gasteiger partial charge is 0.399 e. The third-order valence-electron chi connectivity index (χ3n) is 5.40. The number of carbonyl (C=O) groups is 1. The monoisotopic (exact) mass is 463 g/mol. The van der Waals surface area contributed by atoms with E-state index in [1.807, 2.05) is 54.6 Å². The topological polar surface area (TPSA) is 92.1 Å². The van der Waals surface area contributed by atoms with Crippen LogP contribution in [0.25, 0.3) is 10.9 Å². The lowest BCUT2D eigenvalue weighted by atomic mass is 10.1. The van der Waals surface area contributed by atoms with E-state index in [0.29, 0.717) is 39.2 Å². The van der Waals surface area contributed by atoms with E-state index in [0.717, 1.165) is 11.4 Å². The molecule has 4 aromatic carbocycles. The van der Waals surface area contributed by atoms with E-state index in [1.54, 1.807) is 36.5 Å². The van der Waals surface area contributed by atoms with Crippen LogP contribution in [0, 0.1) is 5.82 Å². The lowest BCUT2D eigenvalue weighted by Gasteiger charge is -2.12. The zero-order valence-electron chi connectivity index (χ0n) is 18.6. The maximum atomic E-state index is 13.8. The van der Waals surface area contributed by atoms with Crippen molar-refractivity contribution in [2.45, 2.75) is 0 Å². The highest BCUT2D eigenvalue weighted by Gasteiger charge is 2.09. The average molecular weight is 464 g/mol. The van der Waals surface area contributed by atoms with Crippen LogP contribution < -0.4 is 21.7 Å². The number of nitrogen functional groups attached to an aromatic ring is 1. The predicted molar refractivity (Wildman–Crippen MR) is 140 cm³/mol. The molecule has 1 aromatic heterocycles. The number of amides is 1. The van der Waals surface area contributed by atoms with Crippen molar-refractivity contribution in [2.24, 2.45) is 0 Å². The number of hydrogen-bond donors (Lipinski definition) is 4. The quantitative estimate of drug-likeness (QED) is 0.210. The van der Waals surface area contributed by atoms with Gasteiger partial charge in [0.15, 0.2) is 0 Å². The Labute approximate surface area is 201 Å². The Morgan fingerprint density at radius 2 is 1.46 bits per heavy atom. The summed E-state index contributed by atoms with van der Waals surface area (Å²) in [5, 5.41) is 10.1. The Kier molecular flexibility index (Phi) is 5.96. The van der Waals surface area contributed by atoms with Gasteiger partial charge in [-0.3, -0.25) is 9.78 Å². The lowest BCUT2D eigenvalue weighted by Crippen LogP contribution is -2.12. The molecular formula is C28H22FN5O. The van der Waals surface area contributed by atoms with E-state index in [2.05, 4.69) is 20.9 Å². The van der Waals surface area contributed by atoms with Gasteiger partial charge in [-0.05, 0) is 78.9 Å². The second kappa shape index (κ2) is 9.52. The molecule has 1 heterocycles. The third-order valence-corrected chi connectivity index (χ3v) is 5.40. The summed E-state index contributed by atoms with van der Waals surface area (Å²) in [6.45, 7) is 0. The average Bonchev–Trinajstić information content (AvgIpc) is 2.85. The first-order valence-corrected chi connectivity index (χ1v) is 11.0. The summed E-state index contributed by atoms with van der Waals surface area (Å²) in [6, 6.07) is 28.2. The van der Waals surface area contributed by atoms with Gasteiger partial charge in [0.05, 0.1) is 5.52 Å². The van der Waals surface area contributed by atoms with Gasteiger partial charge < -0.3 is 21.7 Å². The number of anilines is 6. The molecule has 0 saturated carbocycles. The summed E-state index contributed by atoms with van der Waals surface area (Å²) in [4.78, 5) is 17.2. The Morgan fingerprint density at radius 3 is 2.29 bits per heavy atom. The molecule has 0 spiro atoms. The van der Waals surface area contributed by atoms with E-state index < -0.39 is 0 Å². The summed E-state index contributed by atoms with van der Waals surface area (Å²) in [5.74, 6) is -0.588. The summed E-state index contributed by atoms with van der Waals surface area (Å²) in [6.07, 6.45) is 1.66. The van der Waals surface area contributed by atoms with Crippen molar-refractivity contribution in [3.05, 3.63) is 115 Å². The summed E-state index contributed by atoms with van der Waals surface area (Å²) in [7, 11) is 0. The number of rotatable bonds is 6. The van der Waals surface area contributed by atoms with Gasteiger partial charge in [-0.25, -0.2) is 4.39 Å². The molecule has 5 aromatic rings. The molecule has 0 fully saturated rings. The number of pyridine rings is 1. The van der Waals surface area contributed by atoms with Gasteiger partial charge in [-0.2, -0.15) is 0 Å². The molecule has 0 saturated heterocycles. The van der Waals surface area contributed by atoms with Gasteiger partial charge in [0.1, 0.15) is 5.82 Å². The van der Waals surface area contributed by atoms with Crippen LogP contribution in [-0.4, -0.2) is 10.9 Å². The van der Waals surface area contributed by atoms with E-state index in [9.17, 15) is 9.18 Å². The molecule has 7 heteroatoms. The number of nitrogens with two attached hydrogens (primary N) is 1. The van der Waals surface area contributed by atoms with E-state index in [4.69, 9.17) is 5.73 Å². The molecule has 5 N–H and O–H groups in total. The maximum Gasteiger partial charge on any atom is 0.255 e. The molecule has 0 bridgehead atoms. The van der Waals surface area contributed by atoms with Crippen LogP contribution in [0.2, 0.25) is 0 Å². The van der Waals surface area contributed by atoms with Crippen LogP contribution in [0.5, 0.6) is 0 Å². The molecule has 172 valence electrons. The molecule has 0 radical (unpaired) electrons. The zero-order chi connectivity index (χ0) is 24.2. The van der Waals surface area contributed by atoms with Gasteiger partial charge in [-0.1, -0.05) is 18.2 Å². The molecule has 0 aliphatic rings. The minimum absolute atomic E-state index is 0.250. The smallest absolute Gasteiger partial charge is 0.255 e. The van der Waals surface area contributed by atoms with Crippen LogP contribution in [0.3, 0.4) is 0 Å². The molecule has 0 aliphatic carbocycles. The number of nitrogens with zero attached hydrogens (tertiary/aromatic N) is 1. The van der Waals surface area contributed by atoms with Gasteiger partial charge in [0, 0.05) is 51.3 Å². The molecule has 5 rings (SSSR count). The van der Waals surface area contributed by atoms with Crippen LogP contribution in [0.15, 0.2) is 103 Å². The Morgan fingerprint density at radius 1 is 0.743 bits per heavy atom. The number of fused-ring (bicyclic) bond motifs is 1. The first-order valence-electron chi connectivity index (χ1n) is 11.0. The maximum absolute atomic E-state index is 13.8. The van der Waals surface area contributed by atoms with Gasteiger partial charge in [0.2, 0.25) is 0 Å². The first kappa shape index (κ1) is 21.9. The van der Waals surface area contributed by atoms with Crippen molar-refractivity contribution in [1.29, 1.82) is 0 Å². The first-order chi connectivity index (χ1) is 17.0. The SMILES string of the molecule is Nc1cccc(Nc2cccc(NC(=O)c3cccc(Nc4ccnc5ccc(F)cc45)c3)c2)c1. The zero-order valence-corrected chi connectivity index (χ0v) is 18.6. The highest BCUT2D eigenvalue weighted by molar-refractivity contribution is 6.05. The molecule has 0 atom stereocenters. The van der Waals surface area contributed by atoms with Crippen molar-refractivity contribution in [3.8, 4) is 0 Å². The van der Waals surface area contributed by atoms with Crippen molar-refractivity contribution >= 4 is 50.9 Å². The van der Waals surface area contributed by atoms with Crippen LogP contribution in [0.4, 0.5) is 38.5 Å². The Balaban J connectivity index is 1.32. The fourth-order valence-corrected chi connectivity index (χ4v) is 3.78. The lowest BCUT2D eigenvalue weighted by molar-refractivity contribution is 0.102. The minimum atomic E-state index is -0.339. The predicted octanol–water partition coefficient (Wildman–Crippen LogP) is 6.70. The highest BCUT2D eigenvalue weighted by atomic mass is 19.1.